The Kier molecular flexibility index (Phi) is 4.82. The Hall–Kier alpha value is -1.26. The Labute approximate surface area is 113 Å². The Morgan fingerprint density at radius 3 is 2.47 bits per heavy atom. The maximum Gasteiger partial charge on any atom is 0.417 e. The first-order valence-electron chi connectivity index (χ1n) is 5.15. The van der Waals surface area contributed by atoms with E-state index in [1.54, 1.807) is 6.07 Å². The Balaban J connectivity index is 3.13. The van der Waals surface area contributed by atoms with E-state index in [1.165, 1.54) is 0 Å². The second kappa shape index (κ2) is 5.80. The summed E-state index contributed by atoms with van der Waals surface area (Å²) in [4.78, 5) is -0.442. The van der Waals surface area contributed by atoms with Gasteiger partial charge in [0.05, 0.1) is 27.3 Å². The second-order valence-corrected chi connectivity index (χ2v) is 6.24. The first-order valence-corrected chi connectivity index (χ1v) is 7.18. The molecule has 0 atom stereocenters. The van der Waals surface area contributed by atoms with E-state index in [-0.39, 0.29) is 18.6 Å². The van der Waals surface area contributed by atoms with Gasteiger partial charge in [0.25, 0.3) is 0 Å². The summed E-state index contributed by atoms with van der Waals surface area (Å²) in [7, 11) is -3.84. The van der Waals surface area contributed by atoms with Gasteiger partial charge in [-0.25, -0.2) is 8.42 Å². The van der Waals surface area contributed by atoms with Gasteiger partial charge in [0.15, 0.2) is 9.84 Å². The summed E-state index contributed by atoms with van der Waals surface area (Å²) in [5, 5.41) is 7.76. The molecule has 0 amide bonds. The number of hydrogen-bond acceptors (Lipinski definition) is 3. The number of nitriles is 1. The van der Waals surface area contributed by atoms with Crippen LogP contribution in [-0.2, 0) is 16.0 Å². The fourth-order valence-corrected chi connectivity index (χ4v) is 2.93. The highest BCUT2D eigenvalue weighted by atomic mass is 35.5. The summed E-state index contributed by atoms with van der Waals surface area (Å²) in [6, 6.07) is 4.22. The van der Waals surface area contributed by atoms with Crippen molar-refractivity contribution in [1.29, 1.82) is 5.26 Å². The molecule has 0 fully saturated rings. The molecule has 0 saturated carbocycles. The molecule has 104 valence electrons. The molecule has 1 rings (SSSR count). The second-order valence-electron chi connectivity index (χ2n) is 3.72. The van der Waals surface area contributed by atoms with Crippen molar-refractivity contribution >= 4 is 21.4 Å². The minimum absolute atomic E-state index is 0.0267. The molecule has 0 N–H and O–H groups in total. The lowest BCUT2D eigenvalue weighted by Gasteiger charge is -2.11. The monoisotopic (exact) mass is 311 g/mol. The summed E-state index contributed by atoms with van der Waals surface area (Å²) < 4.78 is 61.4. The highest BCUT2D eigenvalue weighted by molar-refractivity contribution is 7.91. The number of nitrogens with zero attached hydrogens (tertiary/aromatic N) is 1. The van der Waals surface area contributed by atoms with Crippen LogP contribution < -0.4 is 0 Å². The highest BCUT2D eigenvalue weighted by Crippen LogP contribution is 2.36. The van der Waals surface area contributed by atoms with Crippen molar-refractivity contribution in [3.8, 4) is 6.07 Å². The fourth-order valence-electron chi connectivity index (χ4n) is 1.37. The van der Waals surface area contributed by atoms with Crippen molar-refractivity contribution in [2.24, 2.45) is 0 Å². The van der Waals surface area contributed by atoms with Crippen molar-refractivity contribution in [2.45, 2.75) is 23.9 Å². The summed E-state index contributed by atoms with van der Waals surface area (Å²) in [5.74, 6) is -0.376. The van der Waals surface area contributed by atoms with Crippen LogP contribution in [0.1, 0.15) is 18.4 Å². The van der Waals surface area contributed by atoms with Crippen LogP contribution >= 0.6 is 11.6 Å². The van der Waals surface area contributed by atoms with Crippen LogP contribution in [0.25, 0.3) is 0 Å². The maximum absolute atomic E-state index is 12.6. The number of rotatable bonds is 4. The van der Waals surface area contributed by atoms with Crippen molar-refractivity contribution in [3.63, 3.8) is 0 Å². The molecule has 0 aliphatic heterocycles. The van der Waals surface area contributed by atoms with E-state index in [0.717, 1.165) is 12.1 Å². The maximum atomic E-state index is 12.6. The predicted molar refractivity (Wildman–Crippen MR) is 63.4 cm³/mol. The lowest BCUT2D eigenvalue weighted by Crippen LogP contribution is -2.11. The van der Waals surface area contributed by atoms with E-state index in [1.807, 2.05) is 0 Å². The zero-order chi connectivity index (χ0) is 14.7. The van der Waals surface area contributed by atoms with Crippen molar-refractivity contribution in [3.05, 3.63) is 28.8 Å². The first kappa shape index (κ1) is 15.8. The molecule has 19 heavy (non-hydrogen) atoms. The fraction of sp³-hybridized carbons (Fsp3) is 0.364. The molecule has 0 heterocycles. The Morgan fingerprint density at radius 1 is 1.32 bits per heavy atom. The van der Waals surface area contributed by atoms with Crippen LogP contribution in [0.4, 0.5) is 13.2 Å². The average Bonchev–Trinajstić information content (AvgIpc) is 2.27. The third kappa shape index (κ3) is 4.11. The van der Waals surface area contributed by atoms with Gasteiger partial charge >= 0.3 is 6.18 Å². The lowest BCUT2D eigenvalue weighted by molar-refractivity contribution is -0.137. The third-order valence-electron chi connectivity index (χ3n) is 2.30. The number of hydrogen-bond donors (Lipinski definition) is 0. The highest BCUT2D eigenvalue weighted by Gasteiger charge is 2.34. The molecule has 3 nitrogen and oxygen atoms in total. The van der Waals surface area contributed by atoms with Crippen LogP contribution in [0, 0.1) is 11.3 Å². The molecule has 0 unspecified atom stereocenters. The number of benzene rings is 1. The van der Waals surface area contributed by atoms with E-state index in [0.29, 0.717) is 6.07 Å². The van der Waals surface area contributed by atoms with Gasteiger partial charge in [0.2, 0.25) is 0 Å². The molecule has 0 radical (unpaired) electrons. The summed E-state index contributed by atoms with van der Waals surface area (Å²) >= 11 is 5.40. The van der Waals surface area contributed by atoms with Crippen LogP contribution in [0.15, 0.2) is 23.1 Å². The first-order chi connectivity index (χ1) is 8.68. The predicted octanol–water partition coefficient (Wildman–Crippen LogP) is 3.44. The van der Waals surface area contributed by atoms with E-state index < -0.39 is 31.5 Å². The summed E-state index contributed by atoms with van der Waals surface area (Å²) in [6.07, 6.45) is -4.61. The quantitative estimate of drug-likeness (QED) is 0.800. The molecule has 0 spiro atoms. The zero-order valence-corrected chi connectivity index (χ0v) is 11.1. The van der Waals surface area contributed by atoms with Crippen molar-refractivity contribution in [2.75, 3.05) is 5.75 Å². The number of alkyl halides is 3. The van der Waals surface area contributed by atoms with Crippen molar-refractivity contribution < 1.29 is 21.6 Å². The van der Waals surface area contributed by atoms with Gasteiger partial charge in [0.1, 0.15) is 0 Å². The minimum Gasteiger partial charge on any atom is -0.224 e. The van der Waals surface area contributed by atoms with Crippen LogP contribution in [0.5, 0.6) is 0 Å². The van der Waals surface area contributed by atoms with E-state index >= 15 is 0 Å². The molecule has 0 aromatic heterocycles. The standard InChI is InChI=1S/C11H9ClF3NO2S/c12-10-4-3-8(7-9(10)11(13,14)15)19(17,18)6-2-1-5-16/h3-4,7H,1-2,6H2. The van der Waals surface area contributed by atoms with Gasteiger partial charge in [-0.15, -0.1) is 0 Å². The molecule has 8 heteroatoms. The Bertz CT molecular complexity index is 605. The van der Waals surface area contributed by atoms with Gasteiger partial charge in [-0.3, -0.25) is 0 Å². The van der Waals surface area contributed by atoms with Crippen molar-refractivity contribution in [1.82, 2.24) is 0 Å². The minimum atomic E-state index is -4.71. The van der Waals surface area contributed by atoms with Gasteiger partial charge in [-0.2, -0.15) is 18.4 Å². The molecule has 0 aliphatic carbocycles. The normalized spacial score (nSPS) is 12.2. The molecule has 0 bridgehead atoms. The zero-order valence-electron chi connectivity index (χ0n) is 9.54. The summed E-state index contributed by atoms with van der Waals surface area (Å²) in [5.41, 5.74) is -1.18. The van der Waals surface area contributed by atoms with Crippen LogP contribution in [-0.4, -0.2) is 14.2 Å². The van der Waals surface area contributed by atoms with Crippen LogP contribution in [0.2, 0.25) is 5.02 Å². The van der Waals surface area contributed by atoms with E-state index in [4.69, 9.17) is 16.9 Å². The van der Waals surface area contributed by atoms with Gasteiger partial charge in [-0.05, 0) is 24.6 Å². The SMILES string of the molecule is N#CCCCS(=O)(=O)c1ccc(Cl)c(C(F)(F)F)c1. The smallest absolute Gasteiger partial charge is 0.224 e. The van der Waals surface area contributed by atoms with Crippen LogP contribution in [0.3, 0.4) is 0 Å². The number of unbranched alkanes of at least 4 members (excludes halogenated alkanes) is 1. The van der Waals surface area contributed by atoms with Gasteiger partial charge in [-0.1, -0.05) is 11.6 Å². The number of sulfone groups is 1. The summed E-state index contributed by atoms with van der Waals surface area (Å²) in [6.45, 7) is 0. The molecule has 0 aliphatic rings. The van der Waals surface area contributed by atoms with Gasteiger partial charge < -0.3 is 0 Å². The third-order valence-corrected chi connectivity index (χ3v) is 4.43. The molecular weight excluding hydrogens is 303 g/mol. The van der Waals surface area contributed by atoms with E-state index in [2.05, 4.69) is 0 Å². The largest absolute Gasteiger partial charge is 0.417 e. The van der Waals surface area contributed by atoms with Gasteiger partial charge in [0, 0.05) is 6.42 Å². The topological polar surface area (TPSA) is 57.9 Å². The molecule has 0 saturated heterocycles. The number of halogens is 4. The lowest BCUT2D eigenvalue weighted by atomic mass is 10.2. The molecule has 1 aromatic rings. The Morgan fingerprint density at radius 2 is 1.95 bits per heavy atom. The van der Waals surface area contributed by atoms with E-state index in [9.17, 15) is 21.6 Å². The molecular formula is C11H9ClF3NO2S. The average molecular weight is 312 g/mol. The molecule has 1 aromatic carbocycles.